The molecule has 1 aromatic rings. The van der Waals surface area contributed by atoms with E-state index in [-0.39, 0.29) is 5.41 Å². The third kappa shape index (κ3) is 4.96. The summed E-state index contributed by atoms with van der Waals surface area (Å²) in [6.45, 7) is 6.30. The molecule has 15 heavy (non-hydrogen) atoms. The van der Waals surface area contributed by atoms with Crippen molar-refractivity contribution < 1.29 is 0 Å². The zero-order valence-electron chi connectivity index (χ0n) is 9.42. The number of hydrogen-bond donors (Lipinski definition) is 1. The van der Waals surface area contributed by atoms with Crippen LogP contribution in [0.2, 0.25) is 0 Å². The van der Waals surface area contributed by atoms with E-state index in [4.69, 9.17) is 5.26 Å². The van der Waals surface area contributed by atoms with Gasteiger partial charge in [-0.3, -0.25) is 0 Å². The Bertz CT molecular complexity index is 309. The molecular weight excluding hydrogens is 204 g/mol. The molecule has 0 aliphatic heterocycles. The number of nitriles is 1. The van der Waals surface area contributed by atoms with Crippen molar-refractivity contribution in [2.45, 2.75) is 33.2 Å². The lowest BCUT2D eigenvalue weighted by atomic mass is 9.88. The first-order valence-corrected chi connectivity index (χ1v) is 6.12. The summed E-state index contributed by atoms with van der Waals surface area (Å²) in [5, 5.41) is 14.1. The van der Waals surface area contributed by atoms with Crippen LogP contribution in [-0.4, -0.2) is 6.54 Å². The number of hydrogen-bond acceptors (Lipinski definition) is 3. The van der Waals surface area contributed by atoms with Gasteiger partial charge in [-0.25, -0.2) is 0 Å². The van der Waals surface area contributed by atoms with E-state index in [2.05, 4.69) is 42.7 Å². The van der Waals surface area contributed by atoms with Crippen molar-refractivity contribution in [3.63, 3.8) is 0 Å². The van der Waals surface area contributed by atoms with Gasteiger partial charge in [-0.05, 0) is 23.3 Å². The summed E-state index contributed by atoms with van der Waals surface area (Å²) in [5.74, 6) is 0. The van der Waals surface area contributed by atoms with Crippen molar-refractivity contribution >= 4 is 11.3 Å². The SMILES string of the molecule is CC(C)(CCC#N)CNCc1cccs1. The second-order valence-corrected chi connectivity index (χ2v) is 5.54. The number of nitrogens with zero attached hydrogens (tertiary/aromatic N) is 1. The van der Waals surface area contributed by atoms with E-state index in [9.17, 15) is 0 Å². The summed E-state index contributed by atoms with van der Waals surface area (Å²) >= 11 is 1.78. The number of thiophene rings is 1. The Morgan fingerprint density at radius 1 is 1.53 bits per heavy atom. The van der Waals surface area contributed by atoms with Gasteiger partial charge in [0.2, 0.25) is 0 Å². The Balaban J connectivity index is 2.21. The van der Waals surface area contributed by atoms with Crippen molar-refractivity contribution in [1.29, 1.82) is 5.26 Å². The molecule has 82 valence electrons. The van der Waals surface area contributed by atoms with E-state index in [1.165, 1.54) is 4.88 Å². The molecular formula is C12H18N2S. The van der Waals surface area contributed by atoms with Crippen LogP contribution in [0.4, 0.5) is 0 Å². The van der Waals surface area contributed by atoms with Crippen LogP contribution in [0.3, 0.4) is 0 Å². The molecule has 0 saturated heterocycles. The highest BCUT2D eigenvalue weighted by Crippen LogP contribution is 2.21. The van der Waals surface area contributed by atoms with E-state index in [1.807, 2.05) is 0 Å². The molecule has 0 fully saturated rings. The summed E-state index contributed by atoms with van der Waals surface area (Å²) < 4.78 is 0. The summed E-state index contributed by atoms with van der Waals surface area (Å²) in [7, 11) is 0. The Hall–Kier alpha value is -0.850. The van der Waals surface area contributed by atoms with Crippen LogP contribution in [0.15, 0.2) is 17.5 Å². The largest absolute Gasteiger partial charge is 0.311 e. The van der Waals surface area contributed by atoms with Gasteiger partial charge < -0.3 is 5.32 Å². The van der Waals surface area contributed by atoms with Gasteiger partial charge in [0.25, 0.3) is 0 Å². The highest BCUT2D eigenvalue weighted by atomic mass is 32.1. The van der Waals surface area contributed by atoms with Gasteiger partial charge in [0.15, 0.2) is 0 Å². The van der Waals surface area contributed by atoms with Crippen molar-refractivity contribution in [3.8, 4) is 6.07 Å². The Morgan fingerprint density at radius 3 is 2.93 bits per heavy atom. The first-order valence-electron chi connectivity index (χ1n) is 5.24. The molecule has 0 radical (unpaired) electrons. The smallest absolute Gasteiger partial charge is 0.0621 e. The highest BCUT2D eigenvalue weighted by Gasteiger charge is 2.16. The minimum absolute atomic E-state index is 0.215. The molecule has 1 aromatic heterocycles. The van der Waals surface area contributed by atoms with Gasteiger partial charge in [0, 0.05) is 24.4 Å². The quantitative estimate of drug-likeness (QED) is 0.802. The molecule has 1 rings (SSSR count). The fraction of sp³-hybridized carbons (Fsp3) is 0.583. The minimum atomic E-state index is 0.215. The van der Waals surface area contributed by atoms with Crippen LogP contribution in [-0.2, 0) is 6.54 Å². The maximum absolute atomic E-state index is 8.54. The third-order valence-corrected chi connectivity index (χ3v) is 3.27. The molecule has 0 aromatic carbocycles. The first kappa shape index (κ1) is 12.2. The van der Waals surface area contributed by atoms with E-state index in [1.54, 1.807) is 11.3 Å². The molecule has 3 heteroatoms. The zero-order chi connectivity index (χ0) is 11.1. The summed E-state index contributed by atoms with van der Waals surface area (Å²) in [5.41, 5.74) is 0.215. The van der Waals surface area contributed by atoms with Crippen LogP contribution < -0.4 is 5.32 Å². The van der Waals surface area contributed by atoms with E-state index >= 15 is 0 Å². The molecule has 0 spiro atoms. The predicted octanol–water partition coefficient (Wildman–Crippen LogP) is 3.17. The zero-order valence-corrected chi connectivity index (χ0v) is 10.2. The second-order valence-electron chi connectivity index (χ2n) is 4.51. The van der Waals surface area contributed by atoms with E-state index in [0.717, 1.165) is 19.5 Å². The third-order valence-electron chi connectivity index (χ3n) is 2.40. The predicted molar refractivity (Wildman–Crippen MR) is 64.7 cm³/mol. The summed E-state index contributed by atoms with van der Waals surface area (Å²) in [6.07, 6.45) is 1.61. The van der Waals surface area contributed by atoms with Crippen LogP contribution in [0.5, 0.6) is 0 Å². The van der Waals surface area contributed by atoms with E-state index in [0.29, 0.717) is 6.42 Å². The monoisotopic (exact) mass is 222 g/mol. The molecule has 0 amide bonds. The van der Waals surface area contributed by atoms with Gasteiger partial charge in [0.05, 0.1) is 6.07 Å². The normalized spacial score (nSPS) is 11.3. The number of rotatable bonds is 6. The molecule has 0 aliphatic carbocycles. The maximum Gasteiger partial charge on any atom is 0.0621 e. The summed E-state index contributed by atoms with van der Waals surface area (Å²) in [4.78, 5) is 1.37. The van der Waals surface area contributed by atoms with Gasteiger partial charge in [-0.2, -0.15) is 5.26 Å². The first-order chi connectivity index (χ1) is 7.14. The van der Waals surface area contributed by atoms with Gasteiger partial charge in [-0.15, -0.1) is 11.3 Å². The van der Waals surface area contributed by atoms with Crippen molar-refractivity contribution in [1.82, 2.24) is 5.32 Å². The van der Waals surface area contributed by atoms with Gasteiger partial charge in [0.1, 0.15) is 0 Å². The molecule has 0 saturated carbocycles. The Labute approximate surface area is 95.9 Å². The molecule has 1 heterocycles. The van der Waals surface area contributed by atoms with Crippen molar-refractivity contribution in [3.05, 3.63) is 22.4 Å². The molecule has 1 N–H and O–H groups in total. The average molecular weight is 222 g/mol. The average Bonchev–Trinajstić information content (AvgIpc) is 2.67. The Morgan fingerprint density at radius 2 is 2.33 bits per heavy atom. The molecule has 0 atom stereocenters. The Kier molecular flexibility index (Phi) is 4.80. The lowest BCUT2D eigenvalue weighted by molar-refractivity contribution is 0.318. The molecule has 0 unspecified atom stereocenters. The maximum atomic E-state index is 8.54. The fourth-order valence-electron chi connectivity index (χ4n) is 1.42. The highest BCUT2D eigenvalue weighted by molar-refractivity contribution is 7.09. The van der Waals surface area contributed by atoms with Gasteiger partial charge in [-0.1, -0.05) is 19.9 Å². The minimum Gasteiger partial charge on any atom is -0.311 e. The van der Waals surface area contributed by atoms with Crippen LogP contribution >= 0.6 is 11.3 Å². The molecule has 0 aliphatic rings. The standard InChI is InChI=1S/C12H18N2S/c1-12(2,6-4-7-13)10-14-9-11-5-3-8-15-11/h3,5,8,14H,4,6,9-10H2,1-2H3. The molecule has 0 bridgehead atoms. The van der Waals surface area contributed by atoms with Gasteiger partial charge >= 0.3 is 0 Å². The van der Waals surface area contributed by atoms with E-state index < -0.39 is 0 Å². The lowest BCUT2D eigenvalue weighted by Crippen LogP contribution is -2.28. The summed E-state index contributed by atoms with van der Waals surface area (Å²) in [6, 6.07) is 6.41. The van der Waals surface area contributed by atoms with Crippen molar-refractivity contribution in [2.75, 3.05) is 6.54 Å². The van der Waals surface area contributed by atoms with Crippen molar-refractivity contribution in [2.24, 2.45) is 5.41 Å². The fourth-order valence-corrected chi connectivity index (χ4v) is 2.09. The molecule has 2 nitrogen and oxygen atoms in total. The topological polar surface area (TPSA) is 35.8 Å². The second kappa shape index (κ2) is 5.89. The van der Waals surface area contributed by atoms with Crippen LogP contribution in [0.1, 0.15) is 31.6 Å². The van der Waals surface area contributed by atoms with Crippen LogP contribution in [0.25, 0.3) is 0 Å². The lowest BCUT2D eigenvalue weighted by Gasteiger charge is -2.23. The number of nitrogens with one attached hydrogen (secondary N) is 1. The van der Waals surface area contributed by atoms with Crippen LogP contribution in [0, 0.1) is 16.7 Å².